The molecule has 1 aliphatic rings. The molecule has 0 atom stereocenters. The van der Waals surface area contributed by atoms with Crippen molar-refractivity contribution in [3.05, 3.63) is 0 Å². The average molecular weight is 172 g/mol. The maximum absolute atomic E-state index is 10.6. The Morgan fingerprint density at radius 1 is 1.58 bits per heavy atom. The molecule has 0 aromatic rings. The fourth-order valence-corrected chi connectivity index (χ4v) is 1.47. The van der Waals surface area contributed by atoms with Gasteiger partial charge >= 0.3 is 0 Å². The molecule has 0 aromatic heterocycles. The van der Waals surface area contributed by atoms with Crippen molar-refractivity contribution in [3.8, 4) is 0 Å². The maximum atomic E-state index is 10.6. The van der Waals surface area contributed by atoms with E-state index in [9.17, 15) is 4.79 Å². The van der Waals surface area contributed by atoms with Gasteiger partial charge in [0.2, 0.25) is 5.91 Å². The molecule has 0 spiro atoms. The topological polar surface area (TPSA) is 66.6 Å². The van der Waals surface area contributed by atoms with Crippen LogP contribution in [0.4, 0.5) is 0 Å². The second-order valence-electron chi connectivity index (χ2n) is 3.25. The zero-order valence-electron chi connectivity index (χ0n) is 7.20. The van der Waals surface area contributed by atoms with Gasteiger partial charge < -0.3 is 10.8 Å². The number of aliphatic hydroxyl groups is 1. The van der Waals surface area contributed by atoms with E-state index in [0.29, 0.717) is 12.6 Å². The number of carbonyl (C=O) groups excluding carboxylic acids is 1. The molecular formula is C8H16N2O2. The van der Waals surface area contributed by atoms with Crippen molar-refractivity contribution in [2.24, 2.45) is 5.73 Å². The molecule has 1 aliphatic carbocycles. The fourth-order valence-electron chi connectivity index (χ4n) is 1.47. The molecule has 0 radical (unpaired) electrons. The number of aliphatic hydroxyl groups excluding tert-OH is 1. The molecule has 0 heterocycles. The Hall–Kier alpha value is -0.610. The summed E-state index contributed by atoms with van der Waals surface area (Å²) in [7, 11) is 0. The van der Waals surface area contributed by atoms with Gasteiger partial charge in [0.05, 0.1) is 13.2 Å². The summed E-state index contributed by atoms with van der Waals surface area (Å²) in [4.78, 5) is 12.6. The summed E-state index contributed by atoms with van der Waals surface area (Å²) in [6.45, 7) is 0.947. The third-order valence-corrected chi connectivity index (χ3v) is 2.34. The summed E-state index contributed by atoms with van der Waals surface area (Å²) in [5.74, 6) is -0.310. The number of hydrogen-bond acceptors (Lipinski definition) is 3. The molecule has 0 aliphatic heterocycles. The largest absolute Gasteiger partial charge is 0.395 e. The molecule has 0 unspecified atom stereocenters. The second kappa shape index (κ2) is 4.42. The summed E-state index contributed by atoms with van der Waals surface area (Å²) >= 11 is 0. The van der Waals surface area contributed by atoms with Gasteiger partial charge in [0, 0.05) is 12.6 Å². The predicted molar refractivity (Wildman–Crippen MR) is 45.5 cm³/mol. The van der Waals surface area contributed by atoms with Crippen LogP contribution in [0.2, 0.25) is 0 Å². The van der Waals surface area contributed by atoms with E-state index < -0.39 is 0 Å². The van der Waals surface area contributed by atoms with E-state index in [4.69, 9.17) is 10.8 Å². The summed E-state index contributed by atoms with van der Waals surface area (Å²) in [6, 6.07) is 0.477. The number of rotatable bonds is 5. The molecule has 12 heavy (non-hydrogen) atoms. The first-order valence-corrected chi connectivity index (χ1v) is 4.37. The van der Waals surface area contributed by atoms with Gasteiger partial charge in [-0.05, 0) is 12.8 Å². The molecular weight excluding hydrogens is 156 g/mol. The average Bonchev–Trinajstić information content (AvgIpc) is 1.81. The molecule has 1 saturated carbocycles. The third-order valence-electron chi connectivity index (χ3n) is 2.34. The Morgan fingerprint density at radius 3 is 2.58 bits per heavy atom. The first-order chi connectivity index (χ1) is 5.74. The zero-order chi connectivity index (χ0) is 8.97. The van der Waals surface area contributed by atoms with Crippen LogP contribution in [0, 0.1) is 0 Å². The van der Waals surface area contributed by atoms with Crippen molar-refractivity contribution in [2.45, 2.75) is 25.3 Å². The first-order valence-electron chi connectivity index (χ1n) is 4.37. The highest BCUT2D eigenvalue weighted by Gasteiger charge is 2.25. The van der Waals surface area contributed by atoms with E-state index >= 15 is 0 Å². The summed E-state index contributed by atoms with van der Waals surface area (Å²) in [5.41, 5.74) is 5.08. The van der Waals surface area contributed by atoms with Gasteiger partial charge in [0.1, 0.15) is 0 Å². The molecule has 4 nitrogen and oxygen atoms in total. The summed E-state index contributed by atoms with van der Waals surface area (Å²) in [5, 5.41) is 8.72. The Kier molecular flexibility index (Phi) is 3.49. The fraction of sp³-hybridized carbons (Fsp3) is 0.875. The molecule has 4 heteroatoms. The van der Waals surface area contributed by atoms with Crippen LogP contribution in [0.25, 0.3) is 0 Å². The van der Waals surface area contributed by atoms with Crippen molar-refractivity contribution < 1.29 is 9.90 Å². The van der Waals surface area contributed by atoms with Gasteiger partial charge in [-0.3, -0.25) is 9.69 Å². The Labute approximate surface area is 72.3 Å². The van der Waals surface area contributed by atoms with Crippen LogP contribution in [0.3, 0.4) is 0 Å². The van der Waals surface area contributed by atoms with Crippen molar-refractivity contribution in [3.63, 3.8) is 0 Å². The van der Waals surface area contributed by atoms with Crippen LogP contribution in [0.1, 0.15) is 19.3 Å². The molecule has 0 bridgehead atoms. The van der Waals surface area contributed by atoms with Crippen LogP contribution in [0.15, 0.2) is 0 Å². The van der Waals surface area contributed by atoms with Crippen molar-refractivity contribution >= 4 is 5.91 Å². The van der Waals surface area contributed by atoms with Crippen molar-refractivity contribution in [2.75, 3.05) is 19.7 Å². The lowest BCUT2D eigenvalue weighted by Crippen LogP contribution is -2.45. The van der Waals surface area contributed by atoms with E-state index in [1.165, 1.54) is 6.42 Å². The minimum absolute atomic E-state index is 0.101. The Balaban J connectivity index is 2.31. The van der Waals surface area contributed by atoms with E-state index in [0.717, 1.165) is 12.8 Å². The minimum atomic E-state index is -0.310. The molecule has 0 saturated heterocycles. The van der Waals surface area contributed by atoms with Gasteiger partial charge in [0.25, 0.3) is 0 Å². The molecule has 3 N–H and O–H groups in total. The summed E-state index contributed by atoms with van der Waals surface area (Å²) in [6.07, 6.45) is 3.49. The second-order valence-corrected chi connectivity index (χ2v) is 3.25. The highest BCUT2D eigenvalue weighted by Crippen LogP contribution is 2.23. The predicted octanol–water partition coefficient (Wildman–Crippen LogP) is -0.681. The highest BCUT2D eigenvalue weighted by molar-refractivity contribution is 5.75. The van der Waals surface area contributed by atoms with Crippen LogP contribution >= 0.6 is 0 Å². The van der Waals surface area contributed by atoms with Gasteiger partial charge in [-0.1, -0.05) is 6.42 Å². The van der Waals surface area contributed by atoms with Crippen LogP contribution in [0.5, 0.6) is 0 Å². The Morgan fingerprint density at radius 2 is 2.25 bits per heavy atom. The minimum Gasteiger partial charge on any atom is -0.395 e. The van der Waals surface area contributed by atoms with Crippen molar-refractivity contribution in [1.29, 1.82) is 0 Å². The van der Waals surface area contributed by atoms with Crippen LogP contribution in [-0.2, 0) is 4.79 Å². The van der Waals surface area contributed by atoms with Crippen LogP contribution < -0.4 is 5.73 Å². The lowest BCUT2D eigenvalue weighted by atomic mass is 9.91. The van der Waals surface area contributed by atoms with E-state index in [1.807, 2.05) is 4.90 Å². The lowest BCUT2D eigenvalue weighted by molar-refractivity contribution is -0.120. The molecule has 0 aromatic carbocycles. The van der Waals surface area contributed by atoms with E-state index in [1.54, 1.807) is 0 Å². The number of hydrogen-bond donors (Lipinski definition) is 2. The lowest BCUT2D eigenvalue weighted by Gasteiger charge is -2.36. The molecule has 70 valence electrons. The maximum Gasteiger partial charge on any atom is 0.231 e. The highest BCUT2D eigenvalue weighted by atomic mass is 16.3. The smallest absolute Gasteiger partial charge is 0.231 e. The standard InChI is InChI=1S/C8H16N2O2/c9-8(12)6-10(4-5-11)7-2-1-3-7/h7,11H,1-6H2,(H2,9,12). The number of primary amides is 1. The molecule has 1 amide bonds. The molecule has 1 fully saturated rings. The van der Waals surface area contributed by atoms with Gasteiger partial charge in [-0.25, -0.2) is 0 Å². The van der Waals surface area contributed by atoms with E-state index in [-0.39, 0.29) is 19.1 Å². The van der Waals surface area contributed by atoms with Crippen LogP contribution in [-0.4, -0.2) is 41.7 Å². The zero-order valence-corrected chi connectivity index (χ0v) is 7.20. The number of carbonyl (C=O) groups is 1. The Bertz CT molecular complexity index is 157. The third kappa shape index (κ3) is 2.46. The van der Waals surface area contributed by atoms with Gasteiger partial charge in [-0.2, -0.15) is 0 Å². The number of nitrogens with two attached hydrogens (primary N) is 1. The molecule has 1 rings (SSSR count). The monoisotopic (exact) mass is 172 g/mol. The summed E-state index contributed by atoms with van der Waals surface area (Å²) < 4.78 is 0. The van der Waals surface area contributed by atoms with Crippen molar-refractivity contribution in [1.82, 2.24) is 4.90 Å². The SMILES string of the molecule is NC(=O)CN(CCO)C1CCC1. The van der Waals surface area contributed by atoms with Gasteiger partial charge in [0.15, 0.2) is 0 Å². The quantitative estimate of drug-likeness (QED) is 0.577. The normalized spacial score (nSPS) is 17.8. The number of nitrogens with zero attached hydrogens (tertiary/aromatic N) is 1. The number of amides is 1. The first kappa shape index (κ1) is 9.48. The van der Waals surface area contributed by atoms with Gasteiger partial charge in [-0.15, -0.1) is 0 Å². The van der Waals surface area contributed by atoms with E-state index in [2.05, 4.69) is 0 Å².